The summed E-state index contributed by atoms with van der Waals surface area (Å²) in [7, 11) is 0. The fourth-order valence-electron chi connectivity index (χ4n) is 3.79. The second kappa shape index (κ2) is 7.00. The van der Waals surface area contributed by atoms with Crippen molar-refractivity contribution in [3.8, 4) is 5.75 Å². The molecule has 1 atom stereocenters. The summed E-state index contributed by atoms with van der Waals surface area (Å²) in [6.07, 6.45) is 3.27. The third kappa shape index (κ3) is 3.34. The van der Waals surface area contributed by atoms with Crippen LogP contribution in [0.3, 0.4) is 0 Å². The Kier molecular flexibility index (Phi) is 4.68. The van der Waals surface area contributed by atoms with Gasteiger partial charge >= 0.3 is 6.03 Å². The van der Waals surface area contributed by atoms with Crippen LogP contribution in [0.25, 0.3) is 0 Å². The first-order chi connectivity index (χ1) is 13.0. The molecule has 1 aliphatic carbocycles. The van der Waals surface area contributed by atoms with E-state index in [-0.39, 0.29) is 25.1 Å². The highest BCUT2D eigenvalue weighted by molar-refractivity contribution is 9.10. The van der Waals surface area contributed by atoms with Gasteiger partial charge in [-0.3, -0.25) is 9.69 Å². The Labute approximate surface area is 166 Å². The summed E-state index contributed by atoms with van der Waals surface area (Å²) in [6.45, 7) is 2.23. The number of hydrogen-bond acceptors (Lipinski definition) is 3. The highest BCUT2D eigenvalue weighted by Crippen LogP contribution is 2.32. The molecule has 1 N–H and O–H groups in total. The zero-order valence-electron chi connectivity index (χ0n) is 15.1. The van der Waals surface area contributed by atoms with E-state index in [1.807, 2.05) is 30.3 Å². The summed E-state index contributed by atoms with van der Waals surface area (Å²) in [5, 5.41) is 2.87. The number of carbonyl (C=O) groups is 2. The SMILES string of the molecule is CC1(c2ccc3c(c2)CCC3)NC(=O)N(CCOc2cccc(Br)c2)C1=O. The monoisotopic (exact) mass is 428 g/mol. The molecular formula is C21H21BrN2O3. The highest BCUT2D eigenvalue weighted by Gasteiger charge is 2.49. The van der Waals surface area contributed by atoms with Crippen molar-refractivity contribution in [1.82, 2.24) is 10.2 Å². The van der Waals surface area contributed by atoms with Crippen LogP contribution in [0.2, 0.25) is 0 Å². The maximum Gasteiger partial charge on any atom is 0.325 e. The lowest BCUT2D eigenvalue weighted by Gasteiger charge is -2.23. The van der Waals surface area contributed by atoms with E-state index in [0.717, 1.165) is 29.3 Å². The standard InChI is InChI=1S/C21H21BrN2O3/c1-21(16-9-8-14-4-2-5-15(14)12-16)19(25)24(20(26)23-21)10-11-27-18-7-3-6-17(22)13-18/h3,6-9,12-13H,2,4-5,10-11H2,1H3,(H,23,26). The van der Waals surface area contributed by atoms with E-state index >= 15 is 0 Å². The van der Waals surface area contributed by atoms with Gasteiger partial charge in [0.1, 0.15) is 17.9 Å². The van der Waals surface area contributed by atoms with Crippen LogP contribution >= 0.6 is 15.9 Å². The average Bonchev–Trinajstić information content (AvgIpc) is 3.20. The quantitative estimate of drug-likeness (QED) is 0.736. The normalized spacial score (nSPS) is 21.3. The molecule has 0 radical (unpaired) electrons. The van der Waals surface area contributed by atoms with Crippen molar-refractivity contribution in [3.63, 3.8) is 0 Å². The molecule has 0 bridgehead atoms. The lowest BCUT2D eigenvalue weighted by atomic mass is 9.90. The average molecular weight is 429 g/mol. The van der Waals surface area contributed by atoms with Gasteiger partial charge in [-0.05, 0) is 61.1 Å². The second-order valence-corrected chi connectivity index (χ2v) is 8.07. The summed E-state index contributed by atoms with van der Waals surface area (Å²) < 4.78 is 6.59. The van der Waals surface area contributed by atoms with E-state index < -0.39 is 5.54 Å². The zero-order valence-corrected chi connectivity index (χ0v) is 16.7. The Morgan fingerprint density at radius 3 is 2.78 bits per heavy atom. The van der Waals surface area contributed by atoms with Crippen molar-refractivity contribution in [1.29, 1.82) is 0 Å². The van der Waals surface area contributed by atoms with Gasteiger partial charge in [0.2, 0.25) is 0 Å². The van der Waals surface area contributed by atoms with Gasteiger partial charge in [-0.25, -0.2) is 4.79 Å². The Bertz CT molecular complexity index is 914. The summed E-state index contributed by atoms with van der Waals surface area (Å²) in [5.74, 6) is 0.459. The zero-order chi connectivity index (χ0) is 19.0. The van der Waals surface area contributed by atoms with Crippen LogP contribution in [0.1, 0.15) is 30.0 Å². The van der Waals surface area contributed by atoms with Crippen LogP contribution in [-0.2, 0) is 23.2 Å². The van der Waals surface area contributed by atoms with Crippen LogP contribution in [-0.4, -0.2) is 30.0 Å². The molecule has 1 fully saturated rings. The second-order valence-electron chi connectivity index (χ2n) is 7.15. The summed E-state index contributed by atoms with van der Waals surface area (Å²) >= 11 is 3.39. The molecule has 0 saturated carbocycles. The molecule has 3 amide bonds. The molecule has 0 aromatic heterocycles. The Hall–Kier alpha value is -2.34. The van der Waals surface area contributed by atoms with Crippen LogP contribution in [0.4, 0.5) is 4.79 Å². The fourth-order valence-corrected chi connectivity index (χ4v) is 4.17. The molecule has 5 nitrogen and oxygen atoms in total. The number of amides is 3. The molecule has 2 aliphatic rings. The molecular weight excluding hydrogens is 408 g/mol. The van der Waals surface area contributed by atoms with Gasteiger partial charge in [0.05, 0.1) is 6.54 Å². The van der Waals surface area contributed by atoms with Crippen molar-refractivity contribution in [2.75, 3.05) is 13.2 Å². The number of rotatable bonds is 5. The number of hydrogen-bond donors (Lipinski definition) is 1. The van der Waals surface area contributed by atoms with Gasteiger partial charge in [-0.1, -0.05) is 40.2 Å². The number of fused-ring (bicyclic) bond motifs is 1. The molecule has 1 saturated heterocycles. The molecule has 27 heavy (non-hydrogen) atoms. The number of imide groups is 1. The molecule has 0 spiro atoms. The fraction of sp³-hybridized carbons (Fsp3) is 0.333. The third-order valence-electron chi connectivity index (χ3n) is 5.33. The van der Waals surface area contributed by atoms with Crippen LogP contribution in [0, 0.1) is 0 Å². The summed E-state index contributed by atoms with van der Waals surface area (Å²) in [6, 6.07) is 13.2. The van der Waals surface area contributed by atoms with Crippen molar-refractivity contribution >= 4 is 27.9 Å². The number of ether oxygens (including phenoxy) is 1. The van der Waals surface area contributed by atoms with Crippen molar-refractivity contribution in [2.24, 2.45) is 0 Å². The van der Waals surface area contributed by atoms with Crippen molar-refractivity contribution in [3.05, 3.63) is 63.6 Å². The van der Waals surface area contributed by atoms with Crippen LogP contribution in [0.5, 0.6) is 5.75 Å². The lowest BCUT2D eigenvalue weighted by Crippen LogP contribution is -2.41. The van der Waals surface area contributed by atoms with Crippen molar-refractivity contribution < 1.29 is 14.3 Å². The first kappa shape index (κ1) is 18.0. The largest absolute Gasteiger partial charge is 0.492 e. The molecule has 1 aliphatic heterocycles. The molecule has 1 heterocycles. The molecule has 4 rings (SSSR count). The predicted molar refractivity (Wildman–Crippen MR) is 106 cm³/mol. The predicted octanol–water partition coefficient (Wildman–Crippen LogP) is 3.78. The maximum atomic E-state index is 13.0. The molecule has 1 unspecified atom stereocenters. The number of benzene rings is 2. The van der Waals surface area contributed by atoms with Crippen molar-refractivity contribution in [2.45, 2.75) is 31.7 Å². The molecule has 2 aromatic rings. The number of urea groups is 1. The summed E-state index contributed by atoms with van der Waals surface area (Å²) in [5.41, 5.74) is 2.45. The van der Waals surface area contributed by atoms with Crippen LogP contribution < -0.4 is 10.1 Å². The van der Waals surface area contributed by atoms with E-state index in [0.29, 0.717) is 5.75 Å². The smallest absolute Gasteiger partial charge is 0.325 e. The first-order valence-electron chi connectivity index (χ1n) is 9.12. The van der Waals surface area contributed by atoms with Gasteiger partial charge in [0.15, 0.2) is 0 Å². The minimum Gasteiger partial charge on any atom is -0.492 e. The van der Waals surface area contributed by atoms with E-state index in [2.05, 4.69) is 33.4 Å². The topological polar surface area (TPSA) is 58.6 Å². The van der Waals surface area contributed by atoms with Crippen LogP contribution in [0.15, 0.2) is 46.9 Å². The van der Waals surface area contributed by atoms with E-state index in [4.69, 9.17) is 4.74 Å². The van der Waals surface area contributed by atoms with E-state index in [1.165, 1.54) is 16.0 Å². The Balaban J connectivity index is 1.46. The molecule has 2 aromatic carbocycles. The van der Waals surface area contributed by atoms with Gasteiger partial charge in [-0.2, -0.15) is 0 Å². The van der Waals surface area contributed by atoms with Gasteiger partial charge in [-0.15, -0.1) is 0 Å². The third-order valence-corrected chi connectivity index (χ3v) is 5.82. The number of nitrogens with zero attached hydrogens (tertiary/aromatic N) is 1. The number of carbonyl (C=O) groups excluding carboxylic acids is 2. The van der Waals surface area contributed by atoms with E-state index in [1.54, 1.807) is 6.92 Å². The highest BCUT2D eigenvalue weighted by atomic mass is 79.9. The van der Waals surface area contributed by atoms with Gasteiger partial charge in [0.25, 0.3) is 5.91 Å². The lowest BCUT2D eigenvalue weighted by molar-refractivity contribution is -0.131. The molecule has 140 valence electrons. The number of nitrogens with one attached hydrogen (secondary N) is 1. The minimum atomic E-state index is -1.02. The Morgan fingerprint density at radius 2 is 1.96 bits per heavy atom. The van der Waals surface area contributed by atoms with Gasteiger partial charge in [0, 0.05) is 4.47 Å². The maximum absolute atomic E-state index is 13.0. The first-order valence-corrected chi connectivity index (χ1v) is 9.91. The minimum absolute atomic E-state index is 0.206. The Morgan fingerprint density at radius 1 is 1.15 bits per heavy atom. The number of halogens is 1. The van der Waals surface area contributed by atoms with E-state index in [9.17, 15) is 9.59 Å². The summed E-state index contributed by atoms with van der Waals surface area (Å²) in [4.78, 5) is 26.7. The molecule has 6 heteroatoms. The van der Waals surface area contributed by atoms with Gasteiger partial charge < -0.3 is 10.1 Å². The number of aryl methyl sites for hydroxylation is 2.